The largest absolute Gasteiger partial charge is 0.489 e. The maximum atomic E-state index is 12.9. The van der Waals surface area contributed by atoms with Crippen LogP contribution in [0.4, 0.5) is 4.39 Å². The minimum atomic E-state index is -0.733. The molecule has 5 nitrogen and oxygen atoms in total. The van der Waals surface area contributed by atoms with Crippen molar-refractivity contribution in [2.24, 2.45) is 0 Å². The Morgan fingerprint density at radius 3 is 2.48 bits per heavy atom. The summed E-state index contributed by atoms with van der Waals surface area (Å²) in [7, 11) is 0. The third-order valence-corrected chi connectivity index (χ3v) is 5.02. The number of ether oxygens (including phenoxy) is 2. The second-order valence-corrected chi connectivity index (χ2v) is 7.52. The second kappa shape index (κ2) is 7.89. The maximum Gasteiger partial charge on any atom is 0.258 e. The molecule has 0 aliphatic heterocycles. The fraction of sp³-hybridized carbons (Fsp3) is 0.227. The van der Waals surface area contributed by atoms with Crippen molar-refractivity contribution >= 4 is 11.6 Å². The van der Waals surface area contributed by atoms with E-state index in [9.17, 15) is 14.3 Å². The van der Waals surface area contributed by atoms with E-state index in [2.05, 4.69) is 0 Å². The third-order valence-electron chi connectivity index (χ3n) is 4.73. The van der Waals surface area contributed by atoms with E-state index in [0.717, 1.165) is 18.4 Å². The van der Waals surface area contributed by atoms with Crippen molar-refractivity contribution in [2.45, 2.75) is 25.0 Å². The van der Waals surface area contributed by atoms with Gasteiger partial charge in [0.15, 0.2) is 0 Å². The highest BCUT2D eigenvalue weighted by atomic mass is 35.5. The normalized spacial score (nSPS) is 14.4. The van der Waals surface area contributed by atoms with Gasteiger partial charge >= 0.3 is 0 Å². The average molecular weight is 416 g/mol. The van der Waals surface area contributed by atoms with Crippen LogP contribution in [0.5, 0.6) is 11.5 Å². The van der Waals surface area contributed by atoms with E-state index < -0.39 is 5.60 Å². The standard InChI is InChI=1S/C22H19ClFNO4/c23-19-11-17(5-6-20(19)29-14-22(27)8-9-22)25-10-7-18(12-21(25)26)28-13-15-1-3-16(24)4-2-15/h1-7,10-12,27H,8-9,13-14H2. The Balaban J connectivity index is 1.45. The van der Waals surface area contributed by atoms with Gasteiger partial charge in [-0.15, -0.1) is 0 Å². The molecule has 29 heavy (non-hydrogen) atoms. The van der Waals surface area contributed by atoms with Crippen molar-refractivity contribution in [3.63, 3.8) is 0 Å². The fourth-order valence-electron chi connectivity index (χ4n) is 2.77. The van der Waals surface area contributed by atoms with Crippen LogP contribution in [0.15, 0.2) is 65.6 Å². The zero-order valence-corrected chi connectivity index (χ0v) is 16.2. The van der Waals surface area contributed by atoms with E-state index in [1.807, 2.05) is 0 Å². The number of benzene rings is 2. The molecule has 0 bridgehead atoms. The zero-order chi connectivity index (χ0) is 20.4. The molecule has 1 N–H and O–H groups in total. The Bertz CT molecular complexity index is 1080. The van der Waals surface area contributed by atoms with E-state index >= 15 is 0 Å². The highest BCUT2D eigenvalue weighted by Gasteiger charge is 2.41. The van der Waals surface area contributed by atoms with Gasteiger partial charge in [-0.3, -0.25) is 9.36 Å². The lowest BCUT2D eigenvalue weighted by Crippen LogP contribution is -2.19. The molecule has 1 aromatic heterocycles. The summed E-state index contributed by atoms with van der Waals surface area (Å²) in [6.45, 7) is 0.431. The molecule has 3 aromatic rings. The Kier molecular flexibility index (Phi) is 5.30. The Morgan fingerprint density at radius 2 is 1.83 bits per heavy atom. The predicted octanol–water partition coefficient (Wildman–Crippen LogP) is 4.11. The Labute approximate surface area is 171 Å². The first-order valence-corrected chi connectivity index (χ1v) is 9.55. The summed E-state index contributed by atoms with van der Waals surface area (Å²) in [6.07, 6.45) is 3.06. The molecule has 1 heterocycles. The van der Waals surface area contributed by atoms with Gasteiger partial charge in [-0.1, -0.05) is 23.7 Å². The van der Waals surface area contributed by atoms with Gasteiger partial charge in [0, 0.05) is 12.3 Å². The zero-order valence-electron chi connectivity index (χ0n) is 15.5. The van der Waals surface area contributed by atoms with Crippen molar-refractivity contribution < 1.29 is 19.0 Å². The smallest absolute Gasteiger partial charge is 0.258 e. The lowest BCUT2D eigenvalue weighted by atomic mass is 10.2. The number of halogens is 2. The number of pyridine rings is 1. The molecule has 1 aliphatic carbocycles. The molecule has 4 rings (SSSR count). The molecule has 150 valence electrons. The number of hydrogen-bond acceptors (Lipinski definition) is 4. The number of aromatic nitrogens is 1. The molecule has 1 aliphatic rings. The van der Waals surface area contributed by atoms with Crippen LogP contribution in [-0.2, 0) is 6.61 Å². The van der Waals surface area contributed by atoms with Crippen LogP contribution in [0.25, 0.3) is 5.69 Å². The summed E-state index contributed by atoms with van der Waals surface area (Å²) in [5, 5.41) is 10.2. The van der Waals surface area contributed by atoms with E-state index in [1.165, 1.54) is 22.8 Å². The molecule has 0 atom stereocenters. The van der Waals surface area contributed by atoms with Crippen LogP contribution in [0, 0.1) is 5.82 Å². The molecule has 2 aromatic carbocycles. The molecule has 7 heteroatoms. The Morgan fingerprint density at radius 1 is 1.07 bits per heavy atom. The number of nitrogens with zero attached hydrogens (tertiary/aromatic N) is 1. The summed E-state index contributed by atoms with van der Waals surface area (Å²) < 4.78 is 25.6. The number of aliphatic hydroxyl groups is 1. The van der Waals surface area contributed by atoms with Gasteiger partial charge in [0.05, 0.1) is 16.3 Å². The highest BCUT2D eigenvalue weighted by Crippen LogP contribution is 2.36. The monoisotopic (exact) mass is 415 g/mol. The van der Waals surface area contributed by atoms with Gasteiger partial charge in [0.25, 0.3) is 5.56 Å². The highest BCUT2D eigenvalue weighted by molar-refractivity contribution is 6.32. The lowest BCUT2D eigenvalue weighted by Gasteiger charge is -2.13. The molecule has 1 saturated carbocycles. The second-order valence-electron chi connectivity index (χ2n) is 7.11. The third kappa shape index (κ3) is 4.78. The minimum Gasteiger partial charge on any atom is -0.489 e. The molecule has 0 spiro atoms. The molecule has 0 saturated heterocycles. The van der Waals surface area contributed by atoms with Gasteiger partial charge in [-0.05, 0) is 54.8 Å². The molecule has 0 radical (unpaired) electrons. The van der Waals surface area contributed by atoms with Crippen LogP contribution in [0.2, 0.25) is 5.02 Å². The van der Waals surface area contributed by atoms with Gasteiger partial charge in [-0.25, -0.2) is 4.39 Å². The molecule has 0 amide bonds. The minimum absolute atomic E-state index is 0.201. The van der Waals surface area contributed by atoms with Crippen molar-refractivity contribution in [3.05, 3.63) is 87.6 Å². The van der Waals surface area contributed by atoms with Gasteiger partial charge in [0.1, 0.15) is 30.5 Å². The molecular weight excluding hydrogens is 397 g/mol. The summed E-state index contributed by atoms with van der Waals surface area (Å²) in [5.41, 5.74) is 0.373. The van der Waals surface area contributed by atoms with E-state index in [4.69, 9.17) is 21.1 Å². The quantitative estimate of drug-likeness (QED) is 0.630. The molecule has 1 fully saturated rings. The lowest BCUT2D eigenvalue weighted by molar-refractivity contribution is 0.0857. The van der Waals surface area contributed by atoms with E-state index in [1.54, 1.807) is 42.6 Å². The maximum absolute atomic E-state index is 12.9. The summed E-state index contributed by atoms with van der Waals surface area (Å²) in [6, 6.07) is 14.1. The SMILES string of the molecule is O=c1cc(OCc2ccc(F)cc2)ccn1-c1ccc(OCC2(O)CC2)c(Cl)c1. The van der Waals surface area contributed by atoms with Crippen LogP contribution in [0.1, 0.15) is 18.4 Å². The van der Waals surface area contributed by atoms with Gasteiger partial charge in [0.2, 0.25) is 0 Å². The summed E-state index contributed by atoms with van der Waals surface area (Å²) in [4.78, 5) is 12.5. The topological polar surface area (TPSA) is 60.7 Å². The average Bonchev–Trinajstić information content (AvgIpc) is 3.44. The Hall–Kier alpha value is -2.83. The van der Waals surface area contributed by atoms with Crippen LogP contribution >= 0.6 is 11.6 Å². The molecule has 0 unspecified atom stereocenters. The van der Waals surface area contributed by atoms with E-state index in [0.29, 0.717) is 22.2 Å². The summed E-state index contributed by atoms with van der Waals surface area (Å²) >= 11 is 6.27. The number of rotatable bonds is 7. The van der Waals surface area contributed by atoms with Crippen molar-refractivity contribution in [2.75, 3.05) is 6.61 Å². The van der Waals surface area contributed by atoms with Crippen molar-refractivity contribution in [3.8, 4) is 17.2 Å². The van der Waals surface area contributed by atoms with Gasteiger partial charge in [-0.2, -0.15) is 0 Å². The first-order valence-electron chi connectivity index (χ1n) is 9.17. The first-order chi connectivity index (χ1) is 13.9. The van der Waals surface area contributed by atoms with Crippen LogP contribution < -0.4 is 15.0 Å². The fourth-order valence-corrected chi connectivity index (χ4v) is 3.00. The molecular formula is C22H19ClFNO4. The van der Waals surface area contributed by atoms with Gasteiger partial charge < -0.3 is 14.6 Å². The predicted molar refractivity (Wildman–Crippen MR) is 107 cm³/mol. The van der Waals surface area contributed by atoms with Crippen LogP contribution in [-0.4, -0.2) is 21.9 Å². The van der Waals surface area contributed by atoms with Crippen molar-refractivity contribution in [1.82, 2.24) is 4.57 Å². The van der Waals surface area contributed by atoms with E-state index in [-0.39, 0.29) is 24.6 Å². The summed E-state index contributed by atoms with van der Waals surface area (Å²) in [5.74, 6) is 0.567. The number of hydrogen-bond donors (Lipinski definition) is 1. The van der Waals surface area contributed by atoms with Crippen LogP contribution in [0.3, 0.4) is 0 Å². The van der Waals surface area contributed by atoms with Crippen molar-refractivity contribution in [1.29, 1.82) is 0 Å². The first kappa shape index (κ1) is 19.5.